The first-order chi connectivity index (χ1) is 14.5. The fourth-order valence-electron chi connectivity index (χ4n) is 2.97. The lowest BCUT2D eigenvalue weighted by Crippen LogP contribution is -2.08. The summed E-state index contributed by atoms with van der Waals surface area (Å²) in [5, 5.41) is 22.7. The molecule has 8 nitrogen and oxygen atoms in total. The quantitative estimate of drug-likeness (QED) is 0.306. The Morgan fingerprint density at radius 2 is 1.77 bits per heavy atom. The number of fused-ring (bicyclic) bond motifs is 1. The summed E-state index contributed by atoms with van der Waals surface area (Å²) < 4.78 is 0. The van der Waals surface area contributed by atoms with E-state index in [9.17, 15) is 14.9 Å². The highest BCUT2D eigenvalue weighted by atomic mass is 16.6. The number of non-ortho nitro benzene ring substituents is 1. The first kappa shape index (κ1) is 19.0. The van der Waals surface area contributed by atoms with Crippen LogP contribution in [-0.2, 0) is 4.79 Å². The fraction of sp³-hybridized carbons (Fsp3) is 0.0455. The molecule has 3 aromatic carbocycles. The smallest absolute Gasteiger partial charge is 0.270 e. The van der Waals surface area contributed by atoms with Crippen molar-refractivity contribution in [1.82, 2.24) is 15.0 Å². The summed E-state index contributed by atoms with van der Waals surface area (Å²) in [6.45, 7) is 1.88. The first-order valence-electron chi connectivity index (χ1n) is 9.16. The van der Waals surface area contributed by atoms with Crippen LogP contribution in [0.5, 0.6) is 0 Å². The van der Waals surface area contributed by atoms with Gasteiger partial charge in [0.25, 0.3) is 5.69 Å². The minimum absolute atomic E-state index is 0.0274. The Morgan fingerprint density at radius 1 is 1.03 bits per heavy atom. The van der Waals surface area contributed by atoms with E-state index in [1.54, 1.807) is 23.0 Å². The molecule has 0 unspecified atom stereocenters. The molecule has 8 heteroatoms. The van der Waals surface area contributed by atoms with Gasteiger partial charge in [-0.3, -0.25) is 14.9 Å². The highest BCUT2D eigenvalue weighted by molar-refractivity contribution is 6.03. The van der Waals surface area contributed by atoms with Crippen molar-refractivity contribution in [2.45, 2.75) is 6.92 Å². The maximum Gasteiger partial charge on any atom is 0.270 e. The van der Waals surface area contributed by atoms with E-state index < -0.39 is 4.92 Å². The maximum absolute atomic E-state index is 12.3. The van der Waals surface area contributed by atoms with Gasteiger partial charge in [0.15, 0.2) is 0 Å². The second-order valence-electron chi connectivity index (χ2n) is 6.66. The Balaban J connectivity index is 1.54. The van der Waals surface area contributed by atoms with Crippen LogP contribution >= 0.6 is 0 Å². The van der Waals surface area contributed by atoms with Crippen molar-refractivity contribution < 1.29 is 9.72 Å². The van der Waals surface area contributed by atoms with Crippen LogP contribution in [0.1, 0.15) is 11.1 Å². The van der Waals surface area contributed by atoms with Crippen LogP contribution < -0.4 is 5.32 Å². The highest BCUT2D eigenvalue weighted by Crippen LogP contribution is 2.22. The summed E-state index contributed by atoms with van der Waals surface area (Å²) in [4.78, 5) is 24.3. The average molecular weight is 399 g/mol. The van der Waals surface area contributed by atoms with E-state index in [2.05, 4.69) is 15.5 Å². The number of aromatic nitrogens is 3. The number of para-hydroxylation sites is 1. The number of nitro groups is 1. The van der Waals surface area contributed by atoms with Crippen molar-refractivity contribution >= 4 is 34.4 Å². The van der Waals surface area contributed by atoms with Gasteiger partial charge in [-0.1, -0.05) is 30.3 Å². The van der Waals surface area contributed by atoms with Crippen molar-refractivity contribution in [1.29, 1.82) is 0 Å². The second-order valence-corrected chi connectivity index (χ2v) is 6.66. The zero-order chi connectivity index (χ0) is 21.1. The standard InChI is InChI=1S/C22H17N5O3/c1-15-12-20-21(25-26(24-20)17-7-3-2-4-8-17)14-19(15)23-22(28)11-10-16-6-5-9-18(13-16)27(29)30/h2-14H,1H3,(H,23,28). The van der Waals surface area contributed by atoms with Crippen LogP contribution in [0.2, 0.25) is 0 Å². The number of benzene rings is 3. The molecular formula is C22H17N5O3. The number of anilines is 1. The molecule has 0 atom stereocenters. The molecule has 0 bridgehead atoms. The third-order valence-corrected chi connectivity index (χ3v) is 4.48. The number of nitrogens with zero attached hydrogens (tertiary/aromatic N) is 4. The zero-order valence-corrected chi connectivity index (χ0v) is 16.0. The van der Waals surface area contributed by atoms with E-state index in [1.807, 2.05) is 43.3 Å². The summed E-state index contributed by atoms with van der Waals surface area (Å²) in [5.41, 5.74) is 4.23. The van der Waals surface area contributed by atoms with Crippen LogP contribution in [0, 0.1) is 17.0 Å². The Hall–Kier alpha value is -4.33. The molecular weight excluding hydrogens is 382 g/mol. The summed E-state index contributed by atoms with van der Waals surface area (Å²) in [7, 11) is 0. The van der Waals surface area contributed by atoms with E-state index in [1.165, 1.54) is 24.3 Å². The van der Waals surface area contributed by atoms with Crippen molar-refractivity contribution in [3.8, 4) is 5.69 Å². The van der Waals surface area contributed by atoms with Gasteiger partial charge in [0.1, 0.15) is 11.0 Å². The topological polar surface area (TPSA) is 103 Å². The molecule has 0 saturated carbocycles. The van der Waals surface area contributed by atoms with Crippen molar-refractivity contribution in [3.63, 3.8) is 0 Å². The SMILES string of the molecule is Cc1cc2nn(-c3ccccc3)nc2cc1NC(=O)C=Cc1cccc([N+](=O)[O-])c1. The predicted octanol–water partition coefficient (Wildman–Crippen LogP) is 4.29. The molecule has 0 aliphatic carbocycles. The lowest BCUT2D eigenvalue weighted by Gasteiger charge is -2.05. The normalized spacial score (nSPS) is 11.1. The lowest BCUT2D eigenvalue weighted by atomic mass is 10.1. The van der Waals surface area contributed by atoms with E-state index in [4.69, 9.17) is 0 Å². The molecule has 1 aromatic heterocycles. The summed E-state index contributed by atoms with van der Waals surface area (Å²) >= 11 is 0. The average Bonchev–Trinajstić information content (AvgIpc) is 3.16. The Bertz CT molecular complexity index is 1280. The van der Waals surface area contributed by atoms with Gasteiger partial charge < -0.3 is 5.32 Å². The van der Waals surface area contributed by atoms with Crippen LogP contribution in [0.25, 0.3) is 22.8 Å². The van der Waals surface area contributed by atoms with Crippen molar-refractivity contribution in [2.75, 3.05) is 5.32 Å². The Labute approximate surface area is 171 Å². The predicted molar refractivity (Wildman–Crippen MR) is 114 cm³/mol. The summed E-state index contributed by atoms with van der Waals surface area (Å²) in [6, 6.07) is 19.3. The van der Waals surface area contributed by atoms with E-state index >= 15 is 0 Å². The van der Waals surface area contributed by atoms with Gasteiger partial charge in [0.05, 0.1) is 10.6 Å². The molecule has 1 heterocycles. The van der Waals surface area contributed by atoms with Crippen LogP contribution in [0.4, 0.5) is 11.4 Å². The monoisotopic (exact) mass is 399 g/mol. The molecule has 0 saturated heterocycles. The number of carbonyl (C=O) groups is 1. The van der Waals surface area contributed by atoms with Crippen molar-refractivity contribution in [2.24, 2.45) is 0 Å². The summed E-state index contributed by atoms with van der Waals surface area (Å²) in [6.07, 6.45) is 2.87. The summed E-state index contributed by atoms with van der Waals surface area (Å²) in [5.74, 6) is -0.348. The highest BCUT2D eigenvalue weighted by Gasteiger charge is 2.10. The van der Waals surface area contributed by atoms with Gasteiger partial charge in [0.2, 0.25) is 5.91 Å². The Kier molecular flexibility index (Phi) is 5.04. The molecule has 0 aliphatic rings. The second kappa shape index (κ2) is 7.96. The molecule has 0 aliphatic heterocycles. The number of aryl methyl sites for hydroxylation is 1. The van der Waals surface area contributed by atoms with E-state index in [-0.39, 0.29) is 11.6 Å². The number of rotatable bonds is 5. The number of carbonyl (C=O) groups excluding carboxylic acids is 1. The van der Waals surface area contributed by atoms with Crippen LogP contribution in [0.3, 0.4) is 0 Å². The van der Waals surface area contributed by atoms with E-state index in [0.29, 0.717) is 16.8 Å². The van der Waals surface area contributed by atoms with Gasteiger partial charge in [-0.2, -0.15) is 4.80 Å². The lowest BCUT2D eigenvalue weighted by molar-refractivity contribution is -0.384. The van der Waals surface area contributed by atoms with Crippen LogP contribution in [-0.4, -0.2) is 25.8 Å². The number of nitrogens with one attached hydrogen (secondary N) is 1. The molecule has 1 N–H and O–H groups in total. The van der Waals surface area contributed by atoms with E-state index in [0.717, 1.165) is 16.8 Å². The van der Waals surface area contributed by atoms with Gasteiger partial charge >= 0.3 is 0 Å². The van der Waals surface area contributed by atoms with Gasteiger partial charge in [-0.25, -0.2) is 0 Å². The van der Waals surface area contributed by atoms with Gasteiger partial charge in [-0.05, 0) is 48.4 Å². The van der Waals surface area contributed by atoms with Crippen molar-refractivity contribution in [3.05, 3.63) is 94.0 Å². The molecule has 4 aromatic rings. The molecule has 1 amide bonds. The minimum Gasteiger partial charge on any atom is -0.322 e. The molecule has 0 radical (unpaired) electrons. The number of hydrogen-bond donors (Lipinski definition) is 1. The molecule has 148 valence electrons. The van der Waals surface area contributed by atoms with Gasteiger partial charge in [-0.15, -0.1) is 10.2 Å². The first-order valence-corrected chi connectivity index (χ1v) is 9.16. The number of hydrogen-bond acceptors (Lipinski definition) is 5. The maximum atomic E-state index is 12.3. The fourth-order valence-corrected chi connectivity index (χ4v) is 2.97. The Morgan fingerprint density at radius 3 is 2.50 bits per heavy atom. The number of nitro benzene ring substituents is 1. The third-order valence-electron chi connectivity index (χ3n) is 4.48. The largest absolute Gasteiger partial charge is 0.322 e. The van der Waals surface area contributed by atoms with Crippen LogP contribution in [0.15, 0.2) is 72.8 Å². The number of amides is 1. The van der Waals surface area contributed by atoms with Gasteiger partial charge in [0, 0.05) is 23.9 Å². The minimum atomic E-state index is -0.474. The molecule has 0 fully saturated rings. The third kappa shape index (κ3) is 4.07. The molecule has 4 rings (SSSR count). The zero-order valence-electron chi connectivity index (χ0n) is 16.0. The molecule has 30 heavy (non-hydrogen) atoms. The molecule has 0 spiro atoms.